The molecule has 34 heavy (non-hydrogen) atoms. The second-order valence-electron chi connectivity index (χ2n) is 8.46. The van der Waals surface area contributed by atoms with Crippen LogP contribution < -0.4 is 10.2 Å². The zero-order valence-electron chi connectivity index (χ0n) is 18.7. The topological polar surface area (TPSA) is 107 Å². The van der Waals surface area contributed by atoms with Crippen molar-refractivity contribution in [2.45, 2.75) is 31.3 Å². The Bertz CT molecular complexity index is 1340. The summed E-state index contributed by atoms with van der Waals surface area (Å²) in [6, 6.07) is 15.0. The van der Waals surface area contributed by atoms with E-state index in [0.29, 0.717) is 29.2 Å². The summed E-state index contributed by atoms with van der Waals surface area (Å²) in [7, 11) is 0. The molecule has 0 fully saturated rings. The number of nitrogens with zero attached hydrogens (tertiary/aromatic N) is 4. The van der Waals surface area contributed by atoms with Crippen molar-refractivity contribution in [3.05, 3.63) is 77.2 Å². The minimum absolute atomic E-state index is 0.189. The summed E-state index contributed by atoms with van der Waals surface area (Å²) in [6.45, 7) is 2.93. The van der Waals surface area contributed by atoms with E-state index in [0.717, 1.165) is 23.4 Å². The predicted octanol–water partition coefficient (Wildman–Crippen LogP) is 4.05. The SMILES string of the molecule is CCC(O)(C(=O)NCCC1CN(c2ncnc3[nH]ncc23)c2ccccc21)c1cccc(Cl)c1. The van der Waals surface area contributed by atoms with Crippen LogP contribution in [0.5, 0.6) is 0 Å². The Kier molecular flexibility index (Phi) is 5.93. The van der Waals surface area contributed by atoms with Crippen molar-refractivity contribution in [1.82, 2.24) is 25.5 Å². The maximum Gasteiger partial charge on any atom is 0.256 e. The van der Waals surface area contributed by atoms with E-state index in [2.05, 4.69) is 42.5 Å². The Balaban J connectivity index is 1.32. The number of hydrogen-bond acceptors (Lipinski definition) is 6. The number of hydrogen-bond donors (Lipinski definition) is 3. The number of benzene rings is 2. The van der Waals surface area contributed by atoms with Gasteiger partial charge >= 0.3 is 0 Å². The molecule has 2 aromatic heterocycles. The van der Waals surface area contributed by atoms with Crippen molar-refractivity contribution in [2.24, 2.45) is 0 Å². The molecule has 1 amide bonds. The minimum atomic E-state index is -1.63. The van der Waals surface area contributed by atoms with Gasteiger partial charge in [0.2, 0.25) is 0 Å². The third-order valence-corrected chi connectivity index (χ3v) is 6.76. The number of aromatic amines is 1. The van der Waals surface area contributed by atoms with Crippen LogP contribution in [0.1, 0.15) is 36.8 Å². The average molecular weight is 477 g/mol. The van der Waals surface area contributed by atoms with Crippen LogP contribution in [0.25, 0.3) is 11.0 Å². The number of fused-ring (bicyclic) bond motifs is 2. The van der Waals surface area contributed by atoms with E-state index in [4.69, 9.17) is 11.6 Å². The molecule has 4 aromatic rings. The second kappa shape index (κ2) is 9.04. The number of aliphatic hydroxyl groups is 1. The molecule has 3 N–H and O–H groups in total. The van der Waals surface area contributed by atoms with Crippen molar-refractivity contribution in [2.75, 3.05) is 18.0 Å². The molecule has 2 atom stereocenters. The summed E-state index contributed by atoms with van der Waals surface area (Å²) in [5.41, 5.74) is 1.85. The van der Waals surface area contributed by atoms with Crippen molar-refractivity contribution < 1.29 is 9.90 Å². The zero-order valence-corrected chi connectivity index (χ0v) is 19.5. The highest BCUT2D eigenvalue weighted by atomic mass is 35.5. The fraction of sp³-hybridized carbons (Fsp3) is 0.280. The van der Waals surface area contributed by atoms with Crippen LogP contribution >= 0.6 is 11.6 Å². The van der Waals surface area contributed by atoms with Crippen LogP contribution in [-0.2, 0) is 10.4 Å². The number of anilines is 2. The molecule has 9 heteroatoms. The molecule has 3 heterocycles. The van der Waals surface area contributed by atoms with E-state index in [1.54, 1.807) is 37.4 Å². The Hall–Kier alpha value is -3.49. The molecule has 8 nitrogen and oxygen atoms in total. The van der Waals surface area contributed by atoms with Crippen LogP contribution in [-0.4, -0.2) is 44.3 Å². The summed E-state index contributed by atoms with van der Waals surface area (Å²) >= 11 is 6.08. The van der Waals surface area contributed by atoms with Gasteiger partial charge in [-0.15, -0.1) is 0 Å². The van der Waals surface area contributed by atoms with Crippen LogP contribution in [0.3, 0.4) is 0 Å². The molecular weight excluding hydrogens is 452 g/mol. The standard InChI is InChI=1S/C25H25ClN6O2/c1-2-25(34,17-6-5-7-18(26)12-17)24(33)27-11-10-16-14-32(21-9-4-3-8-19(16)21)23-20-13-30-31-22(20)28-15-29-23/h3-9,12-13,15-16,34H,2,10-11,14H2,1H3,(H,27,33)(H,28,29,30,31). The summed E-state index contributed by atoms with van der Waals surface area (Å²) in [6.07, 6.45) is 4.23. The smallest absolute Gasteiger partial charge is 0.256 e. The van der Waals surface area contributed by atoms with E-state index < -0.39 is 11.5 Å². The molecule has 0 radical (unpaired) electrons. The highest BCUT2D eigenvalue weighted by molar-refractivity contribution is 6.30. The lowest BCUT2D eigenvalue weighted by molar-refractivity contribution is -0.141. The average Bonchev–Trinajstić information content (AvgIpc) is 3.48. The lowest BCUT2D eigenvalue weighted by atomic mass is 9.90. The molecule has 174 valence electrons. The number of para-hydroxylation sites is 1. The number of halogens is 1. The molecule has 0 aliphatic carbocycles. The van der Waals surface area contributed by atoms with Gasteiger partial charge in [-0.1, -0.05) is 48.9 Å². The fourth-order valence-corrected chi connectivity index (χ4v) is 4.85. The van der Waals surface area contributed by atoms with Gasteiger partial charge in [0.15, 0.2) is 11.2 Å². The fourth-order valence-electron chi connectivity index (χ4n) is 4.66. The Morgan fingerprint density at radius 2 is 2.12 bits per heavy atom. The summed E-state index contributed by atoms with van der Waals surface area (Å²) in [4.78, 5) is 23.9. The first-order chi connectivity index (χ1) is 16.5. The van der Waals surface area contributed by atoms with Crippen LogP contribution in [0.15, 0.2) is 61.1 Å². The van der Waals surface area contributed by atoms with Gasteiger partial charge in [0.25, 0.3) is 5.91 Å². The first-order valence-electron chi connectivity index (χ1n) is 11.3. The summed E-state index contributed by atoms with van der Waals surface area (Å²) in [5, 5.41) is 22.4. The quantitative estimate of drug-likeness (QED) is 0.371. The number of H-pyrrole nitrogens is 1. The number of amides is 1. The normalized spacial score (nSPS) is 16.9. The first-order valence-corrected chi connectivity index (χ1v) is 11.7. The zero-order chi connectivity index (χ0) is 23.7. The van der Waals surface area contributed by atoms with Gasteiger partial charge in [-0.05, 0) is 42.2 Å². The number of rotatable bonds is 7. The van der Waals surface area contributed by atoms with E-state index in [9.17, 15) is 9.90 Å². The molecule has 1 aliphatic rings. The lowest BCUT2D eigenvalue weighted by Gasteiger charge is -2.26. The Morgan fingerprint density at radius 1 is 1.26 bits per heavy atom. The third-order valence-electron chi connectivity index (χ3n) is 6.52. The lowest BCUT2D eigenvalue weighted by Crippen LogP contribution is -2.44. The predicted molar refractivity (Wildman–Crippen MR) is 131 cm³/mol. The van der Waals surface area contributed by atoms with Crippen molar-refractivity contribution in [3.8, 4) is 0 Å². The number of carbonyl (C=O) groups excluding carboxylic acids is 1. The molecule has 5 rings (SSSR count). The van der Waals surface area contributed by atoms with E-state index in [1.807, 2.05) is 12.1 Å². The second-order valence-corrected chi connectivity index (χ2v) is 8.90. The molecule has 0 saturated carbocycles. The van der Waals surface area contributed by atoms with Gasteiger partial charge in [-0.3, -0.25) is 9.89 Å². The highest BCUT2D eigenvalue weighted by Crippen LogP contribution is 2.42. The molecule has 1 aliphatic heterocycles. The van der Waals surface area contributed by atoms with Crippen molar-refractivity contribution >= 4 is 40.0 Å². The van der Waals surface area contributed by atoms with Crippen molar-refractivity contribution in [1.29, 1.82) is 0 Å². The van der Waals surface area contributed by atoms with Gasteiger partial charge < -0.3 is 15.3 Å². The maximum absolute atomic E-state index is 13.0. The Labute approximate surface area is 202 Å². The van der Waals surface area contributed by atoms with Crippen LogP contribution in [0.2, 0.25) is 5.02 Å². The molecule has 2 unspecified atom stereocenters. The number of carbonyl (C=O) groups is 1. The molecule has 0 spiro atoms. The largest absolute Gasteiger partial charge is 0.375 e. The monoisotopic (exact) mass is 476 g/mol. The first kappa shape index (κ1) is 22.3. The molecular formula is C25H25ClN6O2. The van der Waals surface area contributed by atoms with Gasteiger partial charge in [-0.2, -0.15) is 5.10 Å². The Morgan fingerprint density at radius 3 is 2.94 bits per heavy atom. The third kappa shape index (κ3) is 3.89. The molecule has 0 saturated heterocycles. The van der Waals surface area contributed by atoms with Crippen LogP contribution in [0.4, 0.5) is 11.5 Å². The minimum Gasteiger partial charge on any atom is -0.375 e. The van der Waals surface area contributed by atoms with E-state index in [-0.39, 0.29) is 12.3 Å². The summed E-state index contributed by atoms with van der Waals surface area (Å²) < 4.78 is 0. The number of aromatic nitrogens is 4. The van der Waals surface area contributed by atoms with Crippen LogP contribution in [0, 0.1) is 0 Å². The van der Waals surface area contributed by atoms with Gasteiger partial charge in [0.1, 0.15) is 12.1 Å². The highest BCUT2D eigenvalue weighted by Gasteiger charge is 2.36. The maximum atomic E-state index is 13.0. The van der Waals surface area contributed by atoms with E-state index in [1.165, 1.54) is 11.9 Å². The molecule has 2 aromatic carbocycles. The summed E-state index contributed by atoms with van der Waals surface area (Å²) in [5.74, 6) is 0.574. The van der Waals surface area contributed by atoms with Crippen molar-refractivity contribution in [3.63, 3.8) is 0 Å². The van der Waals surface area contributed by atoms with Gasteiger partial charge in [0.05, 0.1) is 11.6 Å². The van der Waals surface area contributed by atoms with Gasteiger partial charge in [0, 0.05) is 29.7 Å². The van der Waals surface area contributed by atoms with E-state index >= 15 is 0 Å². The number of nitrogens with one attached hydrogen (secondary N) is 2. The molecule has 0 bridgehead atoms. The van der Waals surface area contributed by atoms with Gasteiger partial charge in [-0.25, -0.2) is 9.97 Å².